The van der Waals surface area contributed by atoms with Gasteiger partial charge in [0.05, 0.1) is 16.5 Å². The first-order chi connectivity index (χ1) is 9.90. The number of aromatic nitrogens is 1. The van der Waals surface area contributed by atoms with Crippen molar-refractivity contribution in [2.75, 3.05) is 10.0 Å². The molecular weight excluding hydrogens is 334 g/mol. The summed E-state index contributed by atoms with van der Waals surface area (Å²) in [7, 11) is -3.71. The number of alkyl halides is 1. The number of thiazole rings is 1. The standard InChI is InChI=1S/C12H12ClN3O3S2/c1-8(17)14-9-2-4-11(5-3-9)21(18,19)16-12-15-10(6-13)7-20-12/h2-5,7H,6H2,1H3,(H,14,17)(H,15,16). The van der Waals surface area contributed by atoms with Crippen molar-refractivity contribution >= 4 is 49.7 Å². The average Bonchev–Trinajstić information content (AvgIpc) is 2.85. The highest BCUT2D eigenvalue weighted by atomic mass is 35.5. The second-order valence-electron chi connectivity index (χ2n) is 4.09. The number of anilines is 2. The predicted molar refractivity (Wildman–Crippen MR) is 83.2 cm³/mol. The summed E-state index contributed by atoms with van der Waals surface area (Å²) in [6.07, 6.45) is 0. The van der Waals surface area contributed by atoms with Crippen LogP contribution >= 0.6 is 22.9 Å². The summed E-state index contributed by atoms with van der Waals surface area (Å²) < 4.78 is 26.7. The minimum Gasteiger partial charge on any atom is -0.326 e. The molecule has 0 unspecified atom stereocenters. The zero-order valence-electron chi connectivity index (χ0n) is 11.0. The van der Waals surface area contributed by atoms with Crippen LogP contribution in [0.2, 0.25) is 0 Å². The Morgan fingerprint density at radius 3 is 2.52 bits per heavy atom. The summed E-state index contributed by atoms with van der Waals surface area (Å²) >= 11 is 6.78. The third-order valence-corrected chi connectivity index (χ3v) is 4.96. The Labute approximate surface area is 131 Å². The molecule has 0 saturated heterocycles. The Bertz CT molecular complexity index is 741. The molecule has 1 aromatic heterocycles. The fourth-order valence-electron chi connectivity index (χ4n) is 1.51. The first-order valence-electron chi connectivity index (χ1n) is 5.81. The number of carbonyl (C=O) groups excluding carboxylic acids is 1. The molecule has 1 amide bonds. The normalized spacial score (nSPS) is 11.1. The van der Waals surface area contributed by atoms with Gasteiger partial charge in [-0.1, -0.05) is 0 Å². The minimum atomic E-state index is -3.71. The quantitative estimate of drug-likeness (QED) is 0.815. The molecule has 2 aromatic rings. The summed E-state index contributed by atoms with van der Waals surface area (Å²) in [4.78, 5) is 15.0. The van der Waals surface area contributed by atoms with Crippen LogP contribution in [-0.4, -0.2) is 19.3 Å². The number of amides is 1. The monoisotopic (exact) mass is 345 g/mol. The van der Waals surface area contributed by atoms with Gasteiger partial charge in [-0.05, 0) is 24.3 Å². The number of hydrogen-bond acceptors (Lipinski definition) is 5. The molecule has 2 N–H and O–H groups in total. The maximum atomic E-state index is 12.2. The van der Waals surface area contributed by atoms with Crippen molar-refractivity contribution in [3.63, 3.8) is 0 Å². The number of benzene rings is 1. The van der Waals surface area contributed by atoms with E-state index in [2.05, 4.69) is 15.0 Å². The van der Waals surface area contributed by atoms with Crippen LogP contribution in [0, 0.1) is 0 Å². The van der Waals surface area contributed by atoms with Gasteiger partial charge in [-0.25, -0.2) is 13.4 Å². The molecule has 0 spiro atoms. The number of nitrogens with one attached hydrogen (secondary N) is 2. The molecular formula is C12H12ClN3O3S2. The zero-order chi connectivity index (χ0) is 15.5. The van der Waals surface area contributed by atoms with E-state index < -0.39 is 10.0 Å². The third kappa shape index (κ3) is 4.16. The van der Waals surface area contributed by atoms with Crippen LogP contribution in [0.5, 0.6) is 0 Å². The van der Waals surface area contributed by atoms with Crippen LogP contribution < -0.4 is 10.0 Å². The summed E-state index contributed by atoms with van der Waals surface area (Å²) in [6.45, 7) is 1.38. The maximum Gasteiger partial charge on any atom is 0.263 e. The van der Waals surface area contributed by atoms with Gasteiger partial charge < -0.3 is 5.32 Å². The van der Waals surface area contributed by atoms with Gasteiger partial charge in [-0.15, -0.1) is 22.9 Å². The molecule has 1 aromatic carbocycles. The van der Waals surface area contributed by atoms with Crippen LogP contribution in [0.4, 0.5) is 10.8 Å². The minimum absolute atomic E-state index is 0.0826. The molecule has 0 aliphatic rings. The van der Waals surface area contributed by atoms with Crippen molar-refractivity contribution in [3.8, 4) is 0 Å². The van der Waals surface area contributed by atoms with Crippen molar-refractivity contribution < 1.29 is 13.2 Å². The number of rotatable bonds is 5. The molecule has 21 heavy (non-hydrogen) atoms. The summed E-state index contributed by atoms with van der Waals surface area (Å²) in [6, 6.07) is 5.84. The van der Waals surface area contributed by atoms with E-state index in [1.165, 1.54) is 31.2 Å². The Kier molecular flexibility index (Phi) is 4.81. The average molecular weight is 346 g/mol. The third-order valence-electron chi connectivity index (χ3n) is 2.40. The smallest absolute Gasteiger partial charge is 0.263 e. The molecule has 0 bridgehead atoms. The highest BCUT2D eigenvalue weighted by molar-refractivity contribution is 7.93. The number of carbonyl (C=O) groups is 1. The molecule has 9 heteroatoms. The second-order valence-corrected chi connectivity index (χ2v) is 6.90. The highest BCUT2D eigenvalue weighted by Gasteiger charge is 2.16. The number of sulfonamides is 1. The van der Waals surface area contributed by atoms with Crippen LogP contribution in [0.15, 0.2) is 34.5 Å². The first kappa shape index (κ1) is 15.7. The fourth-order valence-corrected chi connectivity index (χ4v) is 3.70. The lowest BCUT2D eigenvalue weighted by molar-refractivity contribution is -0.114. The second kappa shape index (κ2) is 6.42. The van der Waals surface area contributed by atoms with Gasteiger partial charge in [0.1, 0.15) is 0 Å². The van der Waals surface area contributed by atoms with E-state index in [0.29, 0.717) is 11.4 Å². The Hall–Kier alpha value is -1.64. The lowest BCUT2D eigenvalue weighted by atomic mass is 10.3. The number of halogens is 1. The molecule has 0 saturated carbocycles. The van der Waals surface area contributed by atoms with Crippen molar-refractivity contribution in [1.29, 1.82) is 0 Å². The van der Waals surface area contributed by atoms with E-state index in [9.17, 15) is 13.2 Å². The van der Waals surface area contributed by atoms with Crippen LogP contribution in [0.3, 0.4) is 0 Å². The van der Waals surface area contributed by atoms with E-state index in [-0.39, 0.29) is 21.8 Å². The number of hydrogen-bond donors (Lipinski definition) is 2. The van der Waals surface area contributed by atoms with Gasteiger partial charge in [-0.2, -0.15) is 0 Å². The van der Waals surface area contributed by atoms with Crippen molar-refractivity contribution in [2.24, 2.45) is 0 Å². The van der Waals surface area contributed by atoms with E-state index in [1.807, 2.05) is 0 Å². The van der Waals surface area contributed by atoms with E-state index in [0.717, 1.165) is 11.3 Å². The fraction of sp³-hybridized carbons (Fsp3) is 0.167. The van der Waals surface area contributed by atoms with Crippen LogP contribution in [0.1, 0.15) is 12.6 Å². The predicted octanol–water partition coefficient (Wildman–Crippen LogP) is 2.64. The van der Waals surface area contributed by atoms with Gasteiger partial charge in [0.2, 0.25) is 5.91 Å². The lowest BCUT2D eigenvalue weighted by Crippen LogP contribution is -2.13. The topological polar surface area (TPSA) is 88.2 Å². The SMILES string of the molecule is CC(=O)Nc1ccc(S(=O)(=O)Nc2nc(CCl)cs2)cc1. The van der Waals surface area contributed by atoms with E-state index in [4.69, 9.17) is 11.6 Å². The Morgan fingerprint density at radius 1 is 1.33 bits per heavy atom. The molecule has 0 fully saturated rings. The van der Waals surface area contributed by atoms with Gasteiger partial charge in [0.15, 0.2) is 5.13 Å². The maximum absolute atomic E-state index is 12.2. The summed E-state index contributed by atoms with van der Waals surface area (Å²) in [5.74, 6) is 0.00372. The highest BCUT2D eigenvalue weighted by Crippen LogP contribution is 2.21. The van der Waals surface area contributed by atoms with Gasteiger partial charge in [0, 0.05) is 18.0 Å². The van der Waals surface area contributed by atoms with Crippen molar-refractivity contribution in [2.45, 2.75) is 17.7 Å². The first-order valence-corrected chi connectivity index (χ1v) is 8.71. The van der Waals surface area contributed by atoms with Gasteiger partial charge >= 0.3 is 0 Å². The van der Waals surface area contributed by atoms with Gasteiger partial charge in [-0.3, -0.25) is 9.52 Å². The van der Waals surface area contributed by atoms with Crippen LogP contribution in [-0.2, 0) is 20.7 Å². The molecule has 1 heterocycles. The number of nitrogens with zero attached hydrogens (tertiary/aromatic N) is 1. The Morgan fingerprint density at radius 2 is 2.00 bits per heavy atom. The summed E-state index contributed by atoms with van der Waals surface area (Å²) in [5, 5.41) is 4.51. The van der Waals surface area contributed by atoms with Crippen molar-refractivity contribution in [1.82, 2.24) is 4.98 Å². The zero-order valence-corrected chi connectivity index (χ0v) is 13.3. The Balaban J connectivity index is 2.17. The summed E-state index contributed by atoms with van der Waals surface area (Å²) in [5.41, 5.74) is 1.14. The molecule has 0 aliphatic carbocycles. The molecule has 6 nitrogen and oxygen atoms in total. The van der Waals surface area contributed by atoms with Crippen LogP contribution in [0.25, 0.3) is 0 Å². The largest absolute Gasteiger partial charge is 0.326 e. The van der Waals surface area contributed by atoms with Gasteiger partial charge in [0.25, 0.3) is 10.0 Å². The molecule has 0 aliphatic heterocycles. The molecule has 112 valence electrons. The molecule has 0 radical (unpaired) electrons. The molecule has 2 rings (SSSR count). The van der Waals surface area contributed by atoms with E-state index in [1.54, 1.807) is 5.38 Å². The lowest BCUT2D eigenvalue weighted by Gasteiger charge is -2.06. The molecule has 0 atom stereocenters. The van der Waals surface area contributed by atoms with Crippen molar-refractivity contribution in [3.05, 3.63) is 35.3 Å². The van der Waals surface area contributed by atoms with E-state index >= 15 is 0 Å².